The fourth-order valence-electron chi connectivity index (χ4n) is 0.411. The Kier molecular flexibility index (Phi) is 4.58. The molecule has 0 rings (SSSR count). The molecule has 0 unspecified atom stereocenters. The summed E-state index contributed by atoms with van der Waals surface area (Å²) in [4.78, 5) is 11.1. The van der Waals surface area contributed by atoms with Crippen LogP contribution in [0.1, 0.15) is 0 Å². The lowest BCUT2D eigenvalue weighted by Gasteiger charge is -2.22. The van der Waals surface area contributed by atoms with Gasteiger partial charge in [0.05, 0.1) is 13.2 Å². The lowest BCUT2D eigenvalue weighted by atomic mass is 10.2. The van der Waals surface area contributed by atoms with Crippen molar-refractivity contribution in [1.82, 2.24) is 0 Å². The highest BCUT2D eigenvalue weighted by molar-refractivity contribution is 6.68. The quantitative estimate of drug-likeness (QED) is 0.734. The maximum Gasteiger partial charge on any atom is 0.209 e. The minimum absolute atomic E-state index is 0.823. The maximum absolute atomic E-state index is 11.1. The van der Waals surface area contributed by atoms with E-state index in [1.807, 2.05) is 0 Å². The Balaban J connectivity index is 4.60. The molecule has 0 aromatic carbocycles. The second-order valence-electron chi connectivity index (χ2n) is 2.05. The molecule has 7 heteroatoms. The van der Waals surface area contributed by atoms with E-state index >= 15 is 0 Å². The van der Waals surface area contributed by atoms with Gasteiger partial charge in [-0.15, -0.1) is 0 Å². The van der Waals surface area contributed by atoms with Crippen LogP contribution in [0.4, 0.5) is 0 Å². The van der Waals surface area contributed by atoms with E-state index in [0.717, 1.165) is 0 Å². The lowest BCUT2D eigenvalue weighted by molar-refractivity contribution is -0.121. The summed E-state index contributed by atoms with van der Waals surface area (Å²) < 4.78 is -4.15. The third kappa shape index (κ3) is 2.91. The van der Waals surface area contributed by atoms with Crippen molar-refractivity contribution >= 4 is 52.2 Å². The first kappa shape index (κ1) is 12.8. The van der Waals surface area contributed by atoms with Gasteiger partial charge in [0.2, 0.25) is 14.4 Å². The smallest absolute Gasteiger partial charge is 0.209 e. The number of ketones is 1. The molecule has 0 aliphatic carbocycles. The van der Waals surface area contributed by atoms with Crippen LogP contribution in [0.2, 0.25) is 0 Å². The first-order valence-corrected chi connectivity index (χ1v) is 4.31. The van der Waals surface area contributed by atoms with E-state index in [1.165, 1.54) is 0 Å². The number of hydrogen-bond donors (Lipinski definition) is 2. The van der Waals surface area contributed by atoms with Crippen LogP contribution in [0.25, 0.3) is 0 Å². The minimum Gasteiger partial charge on any atom is -0.393 e. The SMILES string of the molecule is O=C(C(Cl)(Cl)CO)C(Cl)(Cl)CO. The molecule has 0 aromatic rings. The predicted octanol–water partition coefficient (Wildman–Crippen LogP) is 0.888. The summed E-state index contributed by atoms with van der Waals surface area (Å²) in [7, 11) is 0. The number of carbonyl (C=O) groups is 1. The van der Waals surface area contributed by atoms with Crippen molar-refractivity contribution in [1.29, 1.82) is 0 Å². The molecule has 0 amide bonds. The standard InChI is InChI=1S/C5H6Cl4O3/c6-4(7,1-10)3(12)5(8,9)2-11/h10-11H,1-2H2. The number of carbonyl (C=O) groups excluding carboxylic acids is 1. The zero-order chi connectivity index (χ0) is 9.99. The highest BCUT2D eigenvalue weighted by Crippen LogP contribution is 2.33. The van der Waals surface area contributed by atoms with Crippen molar-refractivity contribution in [2.45, 2.75) is 8.67 Å². The monoisotopic (exact) mass is 254 g/mol. The average molecular weight is 256 g/mol. The van der Waals surface area contributed by atoms with Crippen molar-refractivity contribution in [3.8, 4) is 0 Å². The van der Waals surface area contributed by atoms with Crippen LogP contribution in [-0.4, -0.2) is 37.9 Å². The van der Waals surface area contributed by atoms with Crippen LogP contribution in [0.15, 0.2) is 0 Å². The maximum atomic E-state index is 11.1. The summed E-state index contributed by atoms with van der Waals surface area (Å²) in [5, 5.41) is 17.1. The minimum atomic E-state index is -2.08. The number of halogens is 4. The molecule has 0 saturated heterocycles. The van der Waals surface area contributed by atoms with Crippen molar-refractivity contribution < 1.29 is 15.0 Å². The summed E-state index contributed by atoms with van der Waals surface area (Å²) in [5.41, 5.74) is 0. The largest absolute Gasteiger partial charge is 0.393 e. The lowest BCUT2D eigenvalue weighted by Crippen LogP contribution is -2.44. The molecular formula is C5H6Cl4O3. The molecule has 0 spiro atoms. The van der Waals surface area contributed by atoms with E-state index in [2.05, 4.69) is 0 Å². The van der Waals surface area contributed by atoms with Gasteiger partial charge in [0.25, 0.3) is 0 Å². The predicted molar refractivity (Wildman–Crippen MR) is 48.1 cm³/mol. The third-order valence-electron chi connectivity index (χ3n) is 1.06. The van der Waals surface area contributed by atoms with Crippen molar-refractivity contribution in [2.24, 2.45) is 0 Å². The summed E-state index contributed by atoms with van der Waals surface area (Å²) in [5.74, 6) is -1.05. The molecule has 3 nitrogen and oxygen atoms in total. The summed E-state index contributed by atoms with van der Waals surface area (Å²) in [6.07, 6.45) is 0. The molecule has 0 aromatic heterocycles. The highest BCUT2D eigenvalue weighted by Gasteiger charge is 2.46. The van der Waals surface area contributed by atoms with E-state index in [1.54, 1.807) is 0 Å². The van der Waals surface area contributed by atoms with Gasteiger partial charge < -0.3 is 10.2 Å². The molecule has 0 radical (unpaired) electrons. The van der Waals surface area contributed by atoms with Gasteiger partial charge in [-0.3, -0.25) is 4.79 Å². The average Bonchev–Trinajstić information content (AvgIpc) is 2.03. The van der Waals surface area contributed by atoms with Crippen LogP contribution in [0, 0.1) is 0 Å². The normalized spacial score (nSPS) is 13.2. The number of aliphatic hydroxyl groups excluding tert-OH is 2. The number of aliphatic hydroxyl groups is 2. The Morgan fingerprint density at radius 1 is 1.00 bits per heavy atom. The zero-order valence-electron chi connectivity index (χ0n) is 5.73. The molecule has 12 heavy (non-hydrogen) atoms. The fourth-order valence-corrected chi connectivity index (χ4v) is 1.25. The summed E-state index contributed by atoms with van der Waals surface area (Å²) in [6, 6.07) is 0. The van der Waals surface area contributed by atoms with Crippen LogP contribution >= 0.6 is 46.4 Å². The number of alkyl halides is 4. The first-order chi connectivity index (χ1) is 5.28. The van der Waals surface area contributed by atoms with Crippen LogP contribution < -0.4 is 0 Å². The third-order valence-corrected chi connectivity index (χ3v) is 2.23. The molecule has 0 saturated carbocycles. The molecule has 0 aliphatic heterocycles. The second kappa shape index (κ2) is 4.31. The number of Topliss-reactive ketones (excluding diaryl/α,β-unsaturated/α-hetero) is 1. The van der Waals surface area contributed by atoms with Gasteiger partial charge in [0.1, 0.15) is 0 Å². The molecular weight excluding hydrogens is 250 g/mol. The van der Waals surface area contributed by atoms with Gasteiger partial charge in [-0.2, -0.15) is 0 Å². The second-order valence-corrected chi connectivity index (χ2v) is 5.02. The van der Waals surface area contributed by atoms with Crippen LogP contribution in [0.5, 0.6) is 0 Å². The van der Waals surface area contributed by atoms with Gasteiger partial charge in [-0.05, 0) is 0 Å². The van der Waals surface area contributed by atoms with E-state index in [0.29, 0.717) is 0 Å². The van der Waals surface area contributed by atoms with Gasteiger partial charge in [0.15, 0.2) is 0 Å². The Morgan fingerprint density at radius 3 is 1.42 bits per heavy atom. The highest BCUT2D eigenvalue weighted by atomic mass is 35.5. The summed E-state index contributed by atoms with van der Waals surface area (Å²) >= 11 is 21.3. The van der Waals surface area contributed by atoms with Gasteiger partial charge in [-0.1, -0.05) is 46.4 Å². The number of hydrogen-bond acceptors (Lipinski definition) is 3. The number of rotatable bonds is 4. The Labute approximate surface area is 89.2 Å². The van der Waals surface area contributed by atoms with E-state index in [9.17, 15) is 4.79 Å². The van der Waals surface area contributed by atoms with Gasteiger partial charge in [0, 0.05) is 0 Å². The van der Waals surface area contributed by atoms with E-state index in [4.69, 9.17) is 56.6 Å². The topological polar surface area (TPSA) is 57.5 Å². The Morgan fingerprint density at radius 2 is 1.25 bits per heavy atom. The zero-order valence-corrected chi connectivity index (χ0v) is 8.75. The van der Waals surface area contributed by atoms with Gasteiger partial charge in [-0.25, -0.2) is 0 Å². The van der Waals surface area contributed by atoms with Crippen molar-refractivity contribution in [2.75, 3.05) is 13.2 Å². The molecule has 0 heterocycles. The molecule has 0 aliphatic rings. The Hall–Kier alpha value is 0.750. The van der Waals surface area contributed by atoms with Crippen LogP contribution in [-0.2, 0) is 4.79 Å². The van der Waals surface area contributed by atoms with Crippen LogP contribution in [0.3, 0.4) is 0 Å². The fraction of sp³-hybridized carbons (Fsp3) is 0.800. The molecule has 0 bridgehead atoms. The Bertz CT molecular complexity index is 162. The molecule has 2 N–H and O–H groups in total. The molecule has 72 valence electrons. The van der Waals surface area contributed by atoms with Gasteiger partial charge >= 0.3 is 0 Å². The van der Waals surface area contributed by atoms with Crippen molar-refractivity contribution in [3.63, 3.8) is 0 Å². The first-order valence-electron chi connectivity index (χ1n) is 2.80. The molecule has 0 fully saturated rings. The van der Waals surface area contributed by atoms with Crippen molar-refractivity contribution in [3.05, 3.63) is 0 Å². The van der Waals surface area contributed by atoms with E-state index in [-0.39, 0.29) is 0 Å². The summed E-state index contributed by atoms with van der Waals surface area (Å²) in [6.45, 7) is -1.65. The van der Waals surface area contributed by atoms with E-state index < -0.39 is 27.7 Å². The molecule has 0 atom stereocenters.